The normalized spacial score (nSPS) is 30.8. The second-order valence-corrected chi connectivity index (χ2v) is 16.3. The maximum absolute atomic E-state index is 15.0. The van der Waals surface area contributed by atoms with Gasteiger partial charge in [-0.15, -0.1) is 0 Å². The van der Waals surface area contributed by atoms with E-state index in [2.05, 4.69) is 39.9 Å². The zero-order valence-corrected chi connectivity index (χ0v) is 31.1. The number of aliphatic hydroxyl groups is 1. The minimum atomic E-state index is -1.41. The average molecular weight is 708 g/mol. The lowest BCUT2D eigenvalue weighted by Gasteiger charge is -2.44. The lowest BCUT2D eigenvalue weighted by atomic mass is 9.77. The highest BCUT2D eigenvalue weighted by Gasteiger charge is 2.72. The van der Waals surface area contributed by atoms with E-state index in [4.69, 9.17) is 14.2 Å². The highest BCUT2D eigenvalue weighted by atomic mass is 16.6. The van der Waals surface area contributed by atoms with Gasteiger partial charge < -0.3 is 34.4 Å². The van der Waals surface area contributed by atoms with Gasteiger partial charge >= 0.3 is 5.97 Å². The largest absolute Gasteiger partial charge is 0.455 e. The van der Waals surface area contributed by atoms with Crippen molar-refractivity contribution in [3.63, 3.8) is 0 Å². The molecule has 51 heavy (non-hydrogen) atoms. The molecule has 11 nitrogen and oxygen atoms in total. The summed E-state index contributed by atoms with van der Waals surface area (Å²) in [5.74, 6) is -3.41. The van der Waals surface area contributed by atoms with Crippen molar-refractivity contribution in [2.45, 2.75) is 115 Å². The zero-order chi connectivity index (χ0) is 37.0. The smallest absolute Gasteiger partial charge is 0.313 e. The molecule has 0 aliphatic carbocycles. The molecule has 1 aromatic carbocycles. The molecule has 280 valence electrons. The van der Waals surface area contributed by atoms with Crippen LogP contribution in [-0.2, 0) is 33.4 Å². The number of carbonyl (C=O) groups is 4. The van der Waals surface area contributed by atoms with Gasteiger partial charge in [0.05, 0.1) is 24.7 Å². The van der Waals surface area contributed by atoms with Crippen molar-refractivity contribution in [3.05, 3.63) is 60.2 Å². The van der Waals surface area contributed by atoms with Gasteiger partial charge in [0.15, 0.2) is 0 Å². The highest BCUT2D eigenvalue weighted by Crippen LogP contribution is 2.54. The Hall–Kier alpha value is -3.54. The molecule has 4 aliphatic heterocycles. The molecule has 7 atom stereocenters. The standard InChI is InChI=1S/C40H57N3O8/c1-38(2,3)26-39(4,5)43-23-16-21-40-32(35(46)42(34(40)36(43)47)22-14-7-8-15-24-44)31-29(51-40)19-12-13-20-30(45)41-28(25-49-6)33(50-37(31)48)27-17-10-9-11-18-27/h9-12,16-19,21,28-29,31-34,44H,7-8,13-15,20,22-26H2,1-6H3,(H,41,45)/b19-12-/t28-,29-,31+,32+,33-,34-,40+/m0/s1. The van der Waals surface area contributed by atoms with E-state index < -0.39 is 53.2 Å². The van der Waals surface area contributed by atoms with Gasteiger partial charge in [-0.05, 0) is 50.5 Å². The minimum absolute atomic E-state index is 0.0670. The van der Waals surface area contributed by atoms with Gasteiger partial charge in [-0.2, -0.15) is 0 Å². The maximum atomic E-state index is 15.0. The number of aliphatic hydroxyl groups excluding tert-OH is 1. The summed E-state index contributed by atoms with van der Waals surface area (Å²) in [5.41, 5.74) is -1.34. The fourth-order valence-electron chi connectivity index (χ4n) is 8.82. The second-order valence-electron chi connectivity index (χ2n) is 16.3. The molecule has 3 amide bonds. The first-order valence-electron chi connectivity index (χ1n) is 18.5. The number of methoxy groups -OCH3 is 1. The van der Waals surface area contributed by atoms with E-state index in [1.54, 1.807) is 11.0 Å². The number of unbranched alkanes of at least 4 members (excludes halogenated alkanes) is 3. The summed E-state index contributed by atoms with van der Waals surface area (Å²) in [6.07, 6.45) is 9.77. The number of likely N-dealkylation sites (tertiary alicyclic amines) is 1. The van der Waals surface area contributed by atoms with Crippen LogP contribution in [0.2, 0.25) is 0 Å². The summed E-state index contributed by atoms with van der Waals surface area (Å²) in [6.45, 7) is 11.4. The van der Waals surface area contributed by atoms with Gasteiger partial charge in [-0.3, -0.25) is 19.2 Å². The summed E-state index contributed by atoms with van der Waals surface area (Å²) in [5, 5.41) is 12.3. The van der Waals surface area contributed by atoms with Gasteiger partial charge in [0.25, 0.3) is 0 Å². The van der Waals surface area contributed by atoms with Gasteiger partial charge in [0.2, 0.25) is 17.7 Å². The van der Waals surface area contributed by atoms with E-state index in [1.807, 2.05) is 53.5 Å². The molecule has 4 aliphatic rings. The molecule has 1 aromatic rings. The molecule has 0 unspecified atom stereocenters. The summed E-state index contributed by atoms with van der Waals surface area (Å²) in [6, 6.07) is 7.52. The number of hydrogen-bond donors (Lipinski definition) is 2. The van der Waals surface area contributed by atoms with Crippen LogP contribution in [0.4, 0.5) is 0 Å². The van der Waals surface area contributed by atoms with Crippen LogP contribution in [0.15, 0.2) is 54.6 Å². The molecule has 11 heteroatoms. The first kappa shape index (κ1) is 38.7. The van der Waals surface area contributed by atoms with Crippen molar-refractivity contribution in [3.8, 4) is 0 Å². The van der Waals surface area contributed by atoms with Crippen LogP contribution >= 0.6 is 0 Å². The Morgan fingerprint density at radius 1 is 0.980 bits per heavy atom. The van der Waals surface area contributed by atoms with Gasteiger partial charge in [-0.25, -0.2) is 0 Å². The van der Waals surface area contributed by atoms with Crippen LogP contribution in [0.1, 0.15) is 91.2 Å². The molecule has 0 bridgehead atoms. The fourth-order valence-corrected chi connectivity index (χ4v) is 8.82. The number of carbonyl (C=O) groups excluding carboxylic acids is 4. The maximum Gasteiger partial charge on any atom is 0.313 e. The number of allylic oxidation sites excluding steroid dienone is 1. The van der Waals surface area contributed by atoms with Gasteiger partial charge in [0, 0.05) is 38.8 Å². The summed E-state index contributed by atoms with van der Waals surface area (Å²) in [4.78, 5) is 61.0. The van der Waals surface area contributed by atoms with Crippen LogP contribution in [0.3, 0.4) is 0 Å². The third-order valence-corrected chi connectivity index (χ3v) is 10.6. The number of benzene rings is 1. The number of nitrogens with zero attached hydrogens (tertiary/aromatic N) is 2. The lowest BCUT2D eigenvalue weighted by Crippen LogP contribution is -2.59. The fraction of sp³-hybridized carbons (Fsp3) is 0.650. The number of amides is 3. The monoisotopic (exact) mass is 707 g/mol. The molecule has 2 saturated heterocycles. The molecular weight excluding hydrogens is 650 g/mol. The zero-order valence-electron chi connectivity index (χ0n) is 31.1. The van der Waals surface area contributed by atoms with Crippen LogP contribution in [0.5, 0.6) is 0 Å². The quantitative estimate of drug-likeness (QED) is 0.195. The van der Waals surface area contributed by atoms with Crippen molar-refractivity contribution in [1.29, 1.82) is 0 Å². The number of esters is 1. The molecule has 5 rings (SSSR count). The topological polar surface area (TPSA) is 135 Å². The van der Waals surface area contributed by atoms with Gasteiger partial charge in [0.1, 0.15) is 23.7 Å². The van der Waals surface area contributed by atoms with Crippen LogP contribution in [0.25, 0.3) is 0 Å². The first-order chi connectivity index (χ1) is 24.2. The third-order valence-electron chi connectivity index (χ3n) is 10.6. The minimum Gasteiger partial charge on any atom is -0.455 e. The number of rotatable bonds is 11. The molecule has 1 spiro atoms. The Balaban J connectivity index is 1.58. The molecule has 0 aromatic heterocycles. The Bertz CT molecular complexity index is 1470. The summed E-state index contributed by atoms with van der Waals surface area (Å²) in [7, 11) is 1.52. The Morgan fingerprint density at radius 2 is 1.71 bits per heavy atom. The van der Waals surface area contributed by atoms with Crippen LogP contribution < -0.4 is 5.32 Å². The Kier molecular flexibility index (Phi) is 12.1. The van der Waals surface area contributed by atoms with E-state index in [-0.39, 0.29) is 42.8 Å². The first-order valence-corrected chi connectivity index (χ1v) is 18.5. The number of fused-ring (bicyclic) bond motifs is 2. The number of nitrogens with one attached hydrogen (secondary N) is 1. The third kappa shape index (κ3) is 8.26. The van der Waals surface area contributed by atoms with Gasteiger partial charge in [-0.1, -0.05) is 88.2 Å². The molecular formula is C40H57N3O8. The van der Waals surface area contributed by atoms with E-state index >= 15 is 0 Å². The van der Waals surface area contributed by atoms with Crippen molar-refractivity contribution in [2.24, 2.45) is 17.3 Å². The molecule has 0 saturated carbocycles. The number of ether oxygens (including phenoxy) is 3. The molecule has 4 heterocycles. The second kappa shape index (κ2) is 16.0. The van der Waals surface area contributed by atoms with E-state index in [1.165, 1.54) is 7.11 Å². The van der Waals surface area contributed by atoms with Crippen molar-refractivity contribution < 1.29 is 38.5 Å². The number of hydrogen-bond acceptors (Lipinski definition) is 8. The van der Waals surface area contributed by atoms with Crippen molar-refractivity contribution >= 4 is 23.7 Å². The SMILES string of the molecule is COC[C@@H]1NC(=O)CC/C=C\[C@@H]2O[C@@]34C=CCN(C(C)(C)CC(C)(C)C)C(=O)[C@@H]3N(CCCCCCO)C(=O)[C@H]4[C@@H]2C(=O)O[C@H]1c1ccccc1. The predicted molar refractivity (Wildman–Crippen MR) is 192 cm³/mol. The molecule has 2 fully saturated rings. The Labute approximate surface area is 302 Å². The van der Waals surface area contributed by atoms with Crippen molar-refractivity contribution in [1.82, 2.24) is 15.1 Å². The van der Waals surface area contributed by atoms with E-state index in [0.717, 1.165) is 19.3 Å². The van der Waals surface area contributed by atoms with Crippen LogP contribution in [-0.4, -0.2) is 101 Å². The average Bonchev–Trinajstić information content (AvgIpc) is 3.44. The lowest BCUT2D eigenvalue weighted by molar-refractivity contribution is -0.162. The van der Waals surface area contributed by atoms with Crippen LogP contribution in [0, 0.1) is 17.3 Å². The summed E-state index contributed by atoms with van der Waals surface area (Å²) >= 11 is 0. The predicted octanol–water partition coefficient (Wildman–Crippen LogP) is 4.50. The summed E-state index contributed by atoms with van der Waals surface area (Å²) < 4.78 is 18.8. The van der Waals surface area contributed by atoms with E-state index in [0.29, 0.717) is 37.9 Å². The molecule has 0 radical (unpaired) electrons. The Morgan fingerprint density at radius 3 is 2.39 bits per heavy atom. The van der Waals surface area contributed by atoms with E-state index in [9.17, 15) is 24.3 Å². The molecule has 2 N–H and O–H groups in total. The van der Waals surface area contributed by atoms with Crippen molar-refractivity contribution in [2.75, 3.05) is 33.4 Å². The highest BCUT2D eigenvalue weighted by molar-refractivity contribution is 5.99. The number of cyclic esters (lactones) is 1.